The molecule has 1 aliphatic heterocycles. The number of hydrogen-bond donors (Lipinski definition) is 2. The first-order chi connectivity index (χ1) is 10.1. The first kappa shape index (κ1) is 14.0. The maximum Gasteiger partial charge on any atom is 0.189 e. The van der Waals surface area contributed by atoms with Crippen LogP contribution in [0.2, 0.25) is 5.02 Å². The lowest BCUT2D eigenvalue weighted by Crippen LogP contribution is -2.39. The zero-order valence-corrected chi connectivity index (χ0v) is 12.6. The number of halogens is 1. The van der Waals surface area contributed by atoms with E-state index in [9.17, 15) is 0 Å². The van der Waals surface area contributed by atoms with E-state index in [4.69, 9.17) is 17.3 Å². The molecule has 3 rings (SSSR count). The summed E-state index contributed by atoms with van der Waals surface area (Å²) in [5.41, 5.74) is 9.53. The molecule has 4 heteroatoms. The van der Waals surface area contributed by atoms with Crippen molar-refractivity contribution in [2.45, 2.75) is 25.4 Å². The zero-order valence-electron chi connectivity index (χ0n) is 11.9. The molecule has 21 heavy (non-hydrogen) atoms. The first-order valence-electron chi connectivity index (χ1n) is 7.05. The highest BCUT2D eigenvalue weighted by molar-refractivity contribution is 6.31. The van der Waals surface area contributed by atoms with Gasteiger partial charge < -0.3 is 11.1 Å². The molecule has 0 radical (unpaired) electrons. The number of nitrogens with zero attached hydrogens (tertiary/aromatic N) is 1. The number of benzene rings is 2. The topological polar surface area (TPSA) is 50.4 Å². The standard InChI is InChI=1S/C17H18ClN3/c1-11-6-2-3-7-12(11)15-10-16(21-17(19)20-15)13-8-4-5-9-14(13)18/h2-9,15-16H,10H2,1H3,(H3,19,20,21). The Balaban J connectivity index is 1.94. The monoisotopic (exact) mass is 299 g/mol. The quantitative estimate of drug-likeness (QED) is 0.887. The van der Waals surface area contributed by atoms with Gasteiger partial charge in [-0.15, -0.1) is 0 Å². The van der Waals surface area contributed by atoms with Crippen LogP contribution >= 0.6 is 11.6 Å². The molecule has 3 nitrogen and oxygen atoms in total. The van der Waals surface area contributed by atoms with Crippen LogP contribution in [0.15, 0.2) is 53.5 Å². The molecule has 0 aliphatic carbocycles. The number of guanidine groups is 1. The van der Waals surface area contributed by atoms with Gasteiger partial charge in [-0.05, 0) is 36.1 Å². The number of nitrogens with one attached hydrogen (secondary N) is 1. The van der Waals surface area contributed by atoms with E-state index >= 15 is 0 Å². The number of nitrogens with two attached hydrogens (primary N) is 1. The summed E-state index contributed by atoms with van der Waals surface area (Å²) < 4.78 is 0. The van der Waals surface area contributed by atoms with Gasteiger partial charge in [0.15, 0.2) is 5.96 Å². The second kappa shape index (κ2) is 5.78. The van der Waals surface area contributed by atoms with Crippen molar-refractivity contribution >= 4 is 17.6 Å². The first-order valence-corrected chi connectivity index (χ1v) is 7.42. The SMILES string of the molecule is Cc1ccccc1C1CC(c2ccccc2Cl)N=C(N)N1. The molecule has 0 spiro atoms. The molecular weight excluding hydrogens is 282 g/mol. The van der Waals surface area contributed by atoms with E-state index < -0.39 is 0 Å². The van der Waals surface area contributed by atoms with Crippen LogP contribution in [0.3, 0.4) is 0 Å². The Morgan fingerprint density at radius 2 is 1.76 bits per heavy atom. The summed E-state index contributed by atoms with van der Waals surface area (Å²) in [5.74, 6) is 0.472. The molecule has 0 aromatic heterocycles. The second-order valence-corrected chi connectivity index (χ2v) is 5.75. The summed E-state index contributed by atoms with van der Waals surface area (Å²) in [4.78, 5) is 4.52. The van der Waals surface area contributed by atoms with Crippen LogP contribution in [0.5, 0.6) is 0 Å². The number of hydrogen-bond acceptors (Lipinski definition) is 3. The van der Waals surface area contributed by atoms with E-state index in [0.29, 0.717) is 5.96 Å². The van der Waals surface area contributed by atoms with Crippen LogP contribution in [-0.2, 0) is 0 Å². The van der Waals surface area contributed by atoms with Gasteiger partial charge in [-0.25, -0.2) is 4.99 Å². The Kier molecular flexibility index (Phi) is 3.84. The van der Waals surface area contributed by atoms with Crippen molar-refractivity contribution in [2.24, 2.45) is 10.7 Å². The third-order valence-electron chi connectivity index (χ3n) is 3.90. The molecule has 0 amide bonds. The molecule has 108 valence electrons. The second-order valence-electron chi connectivity index (χ2n) is 5.34. The van der Waals surface area contributed by atoms with Crippen LogP contribution < -0.4 is 11.1 Å². The van der Waals surface area contributed by atoms with Gasteiger partial charge in [-0.3, -0.25) is 0 Å². The highest BCUT2D eigenvalue weighted by Crippen LogP contribution is 2.36. The predicted molar refractivity (Wildman–Crippen MR) is 87.5 cm³/mol. The third-order valence-corrected chi connectivity index (χ3v) is 4.25. The molecule has 1 aliphatic rings. The van der Waals surface area contributed by atoms with E-state index in [2.05, 4.69) is 35.4 Å². The Hall–Kier alpha value is -2.00. The highest BCUT2D eigenvalue weighted by Gasteiger charge is 2.26. The van der Waals surface area contributed by atoms with Crippen LogP contribution in [0.4, 0.5) is 0 Å². The minimum atomic E-state index is -0.00967. The van der Waals surface area contributed by atoms with Crippen LogP contribution in [0.25, 0.3) is 0 Å². The lowest BCUT2D eigenvalue weighted by atomic mass is 9.91. The lowest BCUT2D eigenvalue weighted by Gasteiger charge is -2.30. The van der Waals surface area contributed by atoms with Gasteiger partial charge in [-0.1, -0.05) is 54.1 Å². The van der Waals surface area contributed by atoms with Gasteiger partial charge >= 0.3 is 0 Å². The predicted octanol–water partition coefficient (Wildman–Crippen LogP) is 3.74. The molecule has 0 saturated heterocycles. The summed E-state index contributed by atoms with van der Waals surface area (Å²) >= 11 is 6.30. The van der Waals surface area contributed by atoms with Gasteiger partial charge in [0, 0.05) is 5.02 Å². The molecule has 2 unspecified atom stereocenters. The lowest BCUT2D eigenvalue weighted by molar-refractivity contribution is 0.486. The maximum absolute atomic E-state index is 6.30. The van der Waals surface area contributed by atoms with Crippen LogP contribution in [-0.4, -0.2) is 5.96 Å². The van der Waals surface area contributed by atoms with Gasteiger partial charge in [0.1, 0.15) is 0 Å². The summed E-state index contributed by atoms with van der Waals surface area (Å²) in [5, 5.41) is 4.02. The van der Waals surface area contributed by atoms with E-state index in [1.165, 1.54) is 11.1 Å². The summed E-state index contributed by atoms with van der Waals surface area (Å²) in [6.07, 6.45) is 0.843. The van der Waals surface area contributed by atoms with Crippen LogP contribution in [0.1, 0.15) is 35.2 Å². The average molecular weight is 300 g/mol. The van der Waals surface area contributed by atoms with Crippen molar-refractivity contribution in [3.8, 4) is 0 Å². The fourth-order valence-corrected chi connectivity index (χ4v) is 3.10. The smallest absolute Gasteiger partial charge is 0.189 e. The van der Waals surface area contributed by atoms with E-state index in [0.717, 1.165) is 17.0 Å². The van der Waals surface area contributed by atoms with Gasteiger partial charge in [0.05, 0.1) is 12.1 Å². The third kappa shape index (κ3) is 2.88. The zero-order chi connectivity index (χ0) is 14.8. The minimum Gasteiger partial charge on any atom is -0.370 e. The van der Waals surface area contributed by atoms with Gasteiger partial charge in [0.25, 0.3) is 0 Å². The van der Waals surface area contributed by atoms with Gasteiger partial charge in [-0.2, -0.15) is 0 Å². The molecule has 0 saturated carbocycles. The van der Waals surface area contributed by atoms with Gasteiger partial charge in [0.2, 0.25) is 0 Å². The van der Waals surface area contributed by atoms with Crippen molar-refractivity contribution in [3.63, 3.8) is 0 Å². The fraction of sp³-hybridized carbons (Fsp3) is 0.235. The summed E-state index contributed by atoms with van der Waals surface area (Å²) in [6, 6.07) is 16.3. The minimum absolute atomic E-state index is 0.00967. The van der Waals surface area contributed by atoms with Crippen molar-refractivity contribution in [2.75, 3.05) is 0 Å². The largest absolute Gasteiger partial charge is 0.370 e. The maximum atomic E-state index is 6.30. The molecule has 0 bridgehead atoms. The normalized spacial score (nSPS) is 21.5. The number of aryl methyl sites for hydroxylation is 1. The van der Waals surface area contributed by atoms with Crippen molar-refractivity contribution in [3.05, 3.63) is 70.2 Å². The summed E-state index contributed by atoms with van der Waals surface area (Å²) in [6.45, 7) is 2.11. The highest BCUT2D eigenvalue weighted by atomic mass is 35.5. The van der Waals surface area contributed by atoms with Crippen molar-refractivity contribution in [1.82, 2.24) is 5.32 Å². The number of rotatable bonds is 2. The molecule has 0 fully saturated rings. The Morgan fingerprint density at radius 1 is 1.10 bits per heavy atom. The molecule has 2 aromatic carbocycles. The Morgan fingerprint density at radius 3 is 2.48 bits per heavy atom. The van der Waals surface area contributed by atoms with E-state index in [1.807, 2.05) is 30.3 Å². The van der Waals surface area contributed by atoms with Crippen molar-refractivity contribution < 1.29 is 0 Å². The van der Waals surface area contributed by atoms with E-state index in [-0.39, 0.29) is 12.1 Å². The molecule has 2 atom stereocenters. The Bertz CT molecular complexity index is 681. The summed E-state index contributed by atoms with van der Waals surface area (Å²) in [7, 11) is 0. The number of aliphatic imine (C=N–C) groups is 1. The molecular formula is C17H18ClN3. The fourth-order valence-electron chi connectivity index (χ4n) is 2.84. The van der Waals surface area contributed by atoms with E-state index in [1.54, 1.807) is 0 Å². The molecule has 2 aromatic rings. The average Bonchev–Trinajstić information content (AvgIpc) is 2.47. The molecule has 1 heterocycles. The van der Waals surface area contributed by atoms with Crippen LogP contribution in [0, 0.1) is 6.92 Å². The molecule has 3 N–H and O–H groups in total. The Labute approximate surface area is 129 Å². The van der Waals surface area contributed by atoms with Crippen molar-refractivity contribution in [1.29, 1.82) is 0 Å².